The van der Waals surface area contributed by atoms with Crippen molar-refractivity contribution in [2.24, 2.45) is 0 Å². The summed E-state index contributed by atoms with van der Waals surface area (Å²) >= 11 is 0. The van der Waals surface area contributed by atoms with E-state index >= 15 is 0 Å². The lowest BCUT2D eigenvalue weighted by molar-refractivity contribution is -0.138. The summed E-state index contributed by atoms with van der Waals surface area (Å²) in [6.07, 6.45) is -4.80. The summed E-state index contributed by atoms with van der Waals surface area (Å²) in [7, 11) is 0. The predicted octanol–water partition coefficient (Wildman–Crippen LogP) is 1.33. The highest BCUT2D eigenvalue weighted by Crippen LogP contribution is 2.20. The Balaban J connectivity index is 2.22. The van der Waals surface area contributed by atoms with Gasteiger partial charge >= 0.3 is 6.18 Å². The SMILES string of the molecule is CC(C)(O)CN1CCN(CCC(F)(F)F)CC1. The second-order valence-corrected chi connectivity index (χ2v) is 5.30. The number of halogens is 3. The van der Waals surface area contributed by atoms with E-state index in [4.69, 9.17) is 0 Å². The zero-order chi connectivity index (χ0) is 13.1. The Morgan fingerprint density at radius 3 is 1.88 bits per heavy atom. The first-order valence-corrected chi connectivity index (χ1v) is 5.90. The molecule has 0 spiro atoms. The molecule has 0 aromatic heterocycles. The molecule has 0 radical (unpaired) electrons. The fourth-order valence-electron chi connectivity index (χ4n) is 2.00. The third-order valence-corrected chi connectivity index (χ3v) is 2.79. The molecule has 0 aliphatic carbocycles. The molecular formula is C11H21F3N2O. The van der Waals surface area contributed by atoms with Gasteiger partial charge in [-0.15, -0.1) is 0 Å². The minimum absolute atomic E-state index is 0.0832. The lowest BCUT2D eigenvalue weighted by Crippen LogP contribution is -2.50. The van der Waals surface area contributed by atoms with Crippen molar-refractivity contribution in [3.63, 3.8) is 0 Å². The zero-order valence-electron chi connectivity index (χ0n) is 10.4. The number of piperazine rings is 1. The maximum absolute atomic E-state index is 12.0. The molecule has 1 rings (SSSR count). The molecule has 1 heterocycles. The molecular weight excluding hydrogens is 233 g/mol. The molecule has 3 nitrogen and oxygen atoms in total. The molecule has 17 heavy (non-hydrogen) atoms. The van der Waals surface area contributed by atoms with Gasteiger partial charge in [0.25, 0.3) is 0 Å². The fourth-order valence-corrected chi connectivity index (χ4v) is 2.00. The van der Waals surface area contributed by atoms with Crippen molar-refractivity contribution in [2.75, 3.05) is 39.3 Å². The van der Waals surface area contributed by atoms with Crippen LogP contribution in [0, 0.1) is 0 Å². The minimum atomic E-state index is -4.07. The van der Waals surface area contributed by atoms with Gasteiger partial charge in [0, 0.05) is 39.3 Å². The molecule has 0 amide bonds. The summed E-state index contributed by atoms with van der Waals surface area (Å²) in [6.45, 7) is 6.87. The van der Waals surface area contributed by atoms with Crippen LogP contribution in [0.3, 0.4) is 0 Å². The highest BCUT2D eigenvalue weighted by molar-refractivity contribution is 4.78. The van der Waals surface area contributed by atoms with Gasteiger partial charge in [-0.3, -0.25) is 4.90 Å². The Morgan fingerprint density at radius 1 is 1.00 bits per heavy atom. The standard InChI is InChI=1S/C11H21F3N2O/c1-10(2,17)9-16-7-5-15(6-8-16)4-3-11(12,13)14/h17H,3-9H2,1-2H3. The van der Waals surface area contributed by atoms with Crippen molar-refractivity contribution < 1.29 is 18.3 Å². The van der Waals surface area contributed by atoms with E-state index in [-0.39, 0.29) is 6.54 Å². The topological polar surface area (TPSA) is 26.7 Å². The van der Waals surface area contributed by atoms with Crippen LogP contribution in [0.4, 0.5) is 13.2 Å². The lowest BCUT2D eigenvalue weighted by atomic mass is 10.1. The molecule has 0 saturated carbocycles. The largest absolute Gasteiger partial charge is 0.390 e. The van der Waals surface area contributed by atoms with Crippen LogP contribution in [0.25, 0.3) is 0 Å². The maximum Gasteiger partial charge on any atom is 0.390 e. The third-order valence-electron chi connectivity index (χ3n) is 2.79. The third kappa shape index (κ3) is 6.85. The van der Waals surface area contributed by atoms with Gasteiger partial charge in [0.1, 0.15) is 0 Å². The summed E-state index contributed by atoms with van der Waals surface area (Å²) < 4.78 is 36.1. The normalized spacial score (nSPS) is 20.8. The molecule has 1 aliphatic heterocycles. The molecule has 0 unspecified atom stereocenters. The van der Waals surface area contributed by atoms with Gasteiger partial charge in [0.15, 0.2) is 0 Å². The van der Waals surface area contributed by atoms with Crippen molar-refractivity contribution in [1.82, 2.24) is 9.80 Å². The summed E-state index contributed by atoms with van der Waals surface area (Å²) in [4.78, 5) is 3.92. The van der Waals surface area contributed by atoms with E-state index in [9.17, 15) is 18.3 Å². The van der Waals surface area contributed by atoms with Crippen LogP contribution >= 0.6 is 0 Å². The lowest BCUT2D eigenvalue weighted by Gasteiger charge is -2.37. The smallest absolute Gasteiger partial charge is 0.389 e. The first kappa shape index (κ1) is 14.7. The molecule has 0 bridgehead atoms. The average molecular weight is 254 g/mol. The quantitative estimate of drug-likeness (QED) is 0.820. The number of hydrogen-bond acceptors (Lipinski definition) is 3. The zero-order valence-corrected chi connectivity index (χ0v) is 10.4. The molecule has 6 heteroatoms. The number of aliphatic hydroxyl groups is 1. The van der Waals surface area contributed by atoms with E-state index < -0.39 is 18.2 Å². The predicted molar refractivity (Wildman–Crippen MR) is 59.8 cm³/mol. The fraction of sp³-hybridized carbons (Fsp3) is 1.00. The maximum atomic E-state index is 12.0. The summed E-state index contributed by atoms with van der Waals surface area (Å²) in [6, 6.07) is 0. The van der Waals surface area contributed by atoms with E-state index in [2.05, 4.69) is 4.90 Å². The Hall–Kier alpha value is -0.330. The second-order valence-electron chi connectivity index (χ2n) is 5.30. The van der Waals surface area contributed by atoms with Gasteiger partial charge in [0.05, 0.1) is 12.0 Å². The van der Waals surface area contributed by atoms with Crippen LogP contribution in [0.5, 0.6) is 0 Å². The highest BCUT2D eigenvalue weighted by atomic mass is 19.4. The van der Waals surface area contributed by atoms with E-state index in [0.29, 0.717) is 19.6 Å². The van der Waals surface area contributed by atoms with Gasteiger partial charge < -0.3 is 10.0 Å². The van der Waals surface area contributed by atoms with Gasteiger partial charge in [-0.05, 0) is 13.8 Å². The number of β-amino-alcohol motifs (C(OH)–C–C–N with tert-alkyl or cyclic N) is 1. The molecule has 1 fully saturated rings. The van der Waals surface area contributed by atoms with E-state index in [1.54, 1.807) is 13.8 Å². The van der Waals surface area contributed by atoms with Crippen molar-refractivity contribution >= 4 is 0 Å². The number of alkyl halides is 3. The molecule has 1 aliphatic rings. The van der Waals surface area contributed by atoms with E-state index in [0.717, 1.165) is 13.1 Å². The summed E-state index contributed by atoms with van der Waals surface area (Å²) in [5, 5.41) is 9.64. The highest BCUT2D eigenvalue weighted by Gasteiger charge is 2.29. The monoisotopic (exact) mass is 254 g/mol. The molecule has 0 aromatic rings. The van der Waals surface area contributed by atoms with Gasteiger partial charge in [0.2, 0.25) is 0 Å². The van der Waals surface area contributed by atoms with Crippen molar-refractivity contribution in [3.8, 4) is 0 Å². The minimum Gasteiger partial charge on any atom is -0.389 e. The summed E-state index contributed by atoms with van der Waals surface area (Å²) in [5.41, 5.74) is -0.742. The van der Waals surface area contributed by atoms with Crippen LogP contribution in [0.15, 0.2) is 0 Å². The number of hydrogen-bond donors (Lipinski definition) is 1. The van der Waals surface area contributed by atoms with E-state index in [1.807, 2.05) is 4.90 Å². The van der Waals surface area contributed by atoms with Crippen molar-refractivity contribution in [3.05, 3.63) is 0 Å². The first-order valence-electron chi connectivity index (χ1n) is 5.90. The van der Waals surface area contributed by atoms with Gasteiger partial charge in [-0.2, -0.15) is 13.2 Å². The Kier molecular flexibility index (Phi) is 4.80. The molecule has 102 valence electrons. The molecule has 1 saturated heterocycles. The van der Waals surface area contributed by atoms with Crippen LogP contribution in [0.1, 0.15) is 20.3 Å². The van der Waals surface area contributed by atoms with E-state index in [1.165, 1.54) is 0 Å². The molecule has 1 N–H and O–H groups in total. The Labute approximate surface area is 100 Å². The van der Waals surface area contributed by atoms with Crippen molar-refractivity contribution in [2.45, 2.75) is 32.0 Å². The molecule has 0 atom stereocenters. The second kappa shape index (κ2) is 5.54. The van der Waals surface area contributed by atoms with Crippen LogP contribution in [-0.4, -0.2) is 66.0 Å². The number of rotatable bonds is 4. The van der Waals surface area contributed by atoms with Gasteiger partial charge in [-0.25, -0.2) is 0 Å². The van der Waals surface area contributed by atoms with Crippen LogP contribution in [0.2, 0.25) is 0 Å². The molecule has 0 aromatic carbocycles. The van der Waals surface area contributed by atoms with Crippen molar-refractivity contribution in [1.29, 1.82) is 0 Å². The van der Waals surface area contributed by atoms with Crippen LogP contribution < -0.4 is 0 Å². The summed E-state index contributed by atoms with van der Waals surface area (Å²) in [5.74, 6) is 0. The van der Waals surface area contributed by atoms with Crippen LogP contribution in [-0.2, 0) is 0 Å². The Bertz CT molecular complexity index is 230. The number of nitrogens with zero attached hydrogens (tertiary/aromatic N) is 2. The van der Waals surface area contributed by atoms with Gasteiger partial charge in [-0.1, -0.05) is 0 Å². The Morgan fingerprint density at radius 2 is 1.47 bits per heavy atom. The first-order chi connectivity index (χ1) is 7.66. The average Bonchev–Trinajstić information content (AvgIpc) is 2.13.